The molecular weight excluding hydrogens is 320 g/mol. The first kappa shape index (κ1) is 15.8. The number of hydrogen-bond acceptors (Lipinski definition) is 5. The molecule has 2 aromatic rings. The Bertz CT molecular complexity index is 808. The summed E-state index contributed by atoms with van der Waals surface area (Å²) in [5, 5.41) is 8.98. The van der Waals surface area contributed by atoms with E-state index in [1.807, 2.05) is 12.1 Å². The average molecular weight is 340 g/mol. The third-order valence-electron chi connectivity index (χ3n) is 5.17. The molecule has 0 radical (unpaired) electrons. The van der Waals surface area contributed by atoms with Crippen LogP contribution in [0.5, 0.6) is 0 Å². The molecule has 0 unspecified atom stereocenters. The van der Waals surface area contributed by atoms with Crippen molar-refractivity contribution in [3.05, 3.63) is 35.7 Å². The molecule has 25 heavy (non-hydrogen) atoms. The minimum absolute atomic E-state index is 0.358. The molecule has 1 aliphatic heterocycles. The molecule has 3 amide bonds. The molecule has 4 rings (SSSR count). The number of imide groups is 1. The summed E-state index contributed by atoms with van der Waals surface area (Å²) in [5.41, 5.74) is 0.466. The molecule has 1 aliphatic carbocycles. The first-order valence-corrected chi connectivity index (χ1v) is 8.62. The Kier molecular flexibility index (Phi) is 3.78. The molecule has 1 atom stereocenters. The van der Waals surface area contributed by atoms with Crippen LogP contribution < -0.4 is 10.6 Å². The van der Waals surface area contributed by atoms with Gasteiger partial charge in [0.2, 0.25) is 11.7 Å². The third kappa shape index (κ3) is 2.90. The molecule has 1 saturated carbocycles. The fourth-order valence-corrected chi connectivity index (χ4v) is 3.62. The molecule has 2 heterocycles. The maximum Gasteiger partial charge on any atom is 0.322 e. The van der Waals surface area contributed by atoms with Gasteiger partial charge in [-0.25, -0.2) is 4.79 Å². The number of carbonyl (C=O) groups is 2. The van der Waals surface area contributed by atoms with Crippen LogP contribution in [-0.4, -0.2) is 22.1 Å². The first-order chi connectivity index (χ1) is 12.0. The first-order valence-electron chi connectivity index (χ1n) is 8.62. The van der Waals surface area contributed by atoms with Crippen molar-refractivity contribution in [3.8, 4) is 11.4 Å². The fraction of sp³-hybridized carbons (Fsp3) is 0.444. The minimum atomic E-state index is -1.06. The van der Waals surface area contributed by atoms with Crippen molar-refractivity contribution in [2.45, 2.75) is 44.6 Å². The minimum Gasteiger partial charge on any atom is -0.339 e. The highest BCUT2D eigenvalue weighted by molar-refractivity contribution is 6.07. The highest BCUT2D eigenvalue weighted by Gasteiger charge is 2.43. The number of amides is 3. The number of carbonyl (C=O) groups excluding carboxylic acids is 2. The second-order valence-corrected chi connectivity index (χ2v) is 6.98. The van der Waals surface area contributed by atoms with Crippen molar-refractivity contribution in [2.75, 3.05) is 0 Å². The second-order valence-electron chi connectivity index (χ2n) is 6.98. The summed E-state index contributed by atoms with van der Waals surface area (Å²) in [6.45, 7) is 1.68. The quantitative estimate of drug-likeness (QED) is 0.834. The molecule has 7 nitrogen and oxygen atoms in total. The average Bonchev–Trinajstić information content (AvgIpc) is 3.31. The molecular formula is C18H20N4O3. The van der Waals surface area contributed by atoms with Crippen LogP contribution in [0.15, 0.2) is 28.8 Å². The summed E-state index contributed by atoms with van der Waals surface area (Å²) in [6, 6.07) is 6.79. The van der Waals surface area contributed by atoms with E-state index in [9.17, 15) is 9.59 Å². The smallest absolute Gasteiger partial charge is 0.322 e. The monoisotopic (exact) mass is 340 g/mol. The van der Waals surface area contributed by atoms with Crippen molar-refractivity contribution in [1.82, 2.24) is 20.8 Å². The predicted molar refractivity (Wildman–Crippen MR) is 89.4 cm³/mol. The molecule has 130 valence electrons. The topological polar surface area (TPSA) is 97.1 Å². The number of nitrogens with zero attached hydrogens (tertiary/aromatic N) is 2. The largest absolute Gasteiger partial charge is 0.339 e. The van der Waals surface area contributed by atoms with Crippen LogP contribution in [0.4, 0.5) is 4.79 Å². The van der Waals surface area contributed by atoms with Crippen molar-refractivity contribution in [2.24, 2.45) is 5.92 Å². The second kappa shape index (κ2) is 5.98. The van der Waals surface area contributed by atoms with Crippen LogP contribution >= 0.6 is 0 Å². The lowest BCUT2D eigenvalue weighted by Crippen LogP contribution is -2.40. The number of benzene rings is 1. The Morgan fingerprint density at radius 3 is 2.56 bits per heavy atom. The Balaban J connectivity index is 1.51. The van der Waals surface area contributed by atoms with Crippen LogP contribution in [0, 0.1) is 5.92 Å². The van der Waals surface area contributed by atoms with Crippen molar-refractivity contribution < 1.29 is 14.1 Å². The molecule has 1 aromatic heterocycles. The number of rotatable bonds is 4. The van der Waals surface area contributed by atoms with E-state index in [-0.39, 0.29) is 5.91 Å². The lowest BCUT2D eigenvalue weighted by Gasteiger charge is -2.20. The summed E-state index contributed by atoms with van der Waals surface area (Å²) in [7, 11) is 0. The molecule has 7 heteroatoms. The van der Waals surface area contributed by atoms with Gasteiger partial charge in [0.15, 0.2) is 0 Å². The molecule has 0 bridgehead atoms. The molecule has 1 aromatic carbocycles. The zero-order valence-corrected chi connectivity index (χ0v) is 14.0. The van der Waals surface area contributed by atoms with E-state index in [2.05, 4.69) is 20.8 Å². The van der Waals surface area contributed by atoms with Gasteiger partial charge in [-0.1, -0.05) is 42.3 Å². The number of aromatic nitrogens is 2. The van der Waals surface area contributed by atoms with E-state index in [0.717, 1.165) is 12.0 Å². The van der Waals surface area contributed by atoms with Gasteiger partial charge in [-0.05, 0) is 31.2 Å². The summed E-state index contributed by atoms with van der Waals surface area (Å²) in [5.74, 6) is 1.52. The Hall–Kier alpha value is -2.70. The summed E-state index contributed by atoms with van der Waals surface area (Å²) >= 11 is 0. The molecule has 1 saturated heterocycles. The molecule has 2 aliphatic rings. The maximum absolute atomic E-state index is 12.0. The van der Waals surface area contributed by atoms with Gasteiger partial charge in [0.05, 0.1) is 0 Å². The summed E-state index contributed by atoms with van der Waals surface area (Å²) < 4.78 is 5.38. The highest BCUT2D eigenvalue weighted by Crippen LogP contribution is 2.29. The Morgan fingerprint density at radius 1 is 1.20 bits per heavy atom. The van der Waals surface area contributed by atoms with Gasteiger partial charge in [-0.2, -0.15) is 4.98 Å². The van der Waals surface area contributed by atoms with Gasteiger partial charge < -0.3 is 9.84 Å². The van der Waals surface area contributed by atoms with Crippen molar-refractivity contribution in [3.63, 3.8) is 0 Å². The fourth-order valence-electron chi connectivity index (χ4n) is 3.62. The van der Waals surface area contributed by atoms with E-state index in [4.69, 9.17) is 4.52 Å². The van der Waals surface area contributed by atoms with Crippen molar-refractivity contribution in [1.29, 1.82) is 0 Å². The van der Waals surface area contributed by atoms with Crippen LogP contribution in [0.2, 0.25) is 0 Å². The SMILES string of the molecule is C[C@@]1(c2ccc(-c3noc(CC4CCCC4)n3)cc2)NC(=O)NC1=O. The van der Waals surface area contributed by atoms with Crippen LogP contribution in [0.25, 0.3) is 11.4 Å². The van der Waals surface area contributed by atoms with Crippen LogP contribution in [0.1, 0.15) is 44.1 Å². The van der Waals surface area contributed by atoms with Gasteiger partial charge >= 0.3 is 6.03 Å². The number of urea groups is 1. The lowest BCUT2D eigenvalue weighted by molar-refractivity contribution is -0.123. The van der Waals surface area contributed by atoms with Gasteiger partial charge in [0.25, 0.3) is 5.91 Å². The van der Waals surface area contributed by atoms with E-state index >= 15 is 0 Å². The Morgan fingerprint density at radius 2 is 1.92 bits per heavy atom. The normalized spacial score (nSPS) is 23.7. The van der Waals surface area contributed by atoms with E-state index < -0.39 is 11.6 Å². The van der Waals surface area contributed by atoms with Crippen LogP contribution in [0.3, 0.4) is 0 Å². The molecule has 2 N–H and O–H groups in total. The molecule has 2 fully saturated rings. The zero-order chi connectivity index (χ0) is 17.4. The van der Waals surface area contributed by atoms with Gasteiger partial charge in [0, 0.05) is 12.0 Å². The summed E-state index contributed by atoms with van der Waals surface area (Å²) in [6.07, 6.45) is 5.89. The van der Waals surface area contributed by atoms with Gasteiger partial charge in [-0.15, -0.1) is 0 Å². The van der Waals surface area contributed by atoms with E-state index in [1.54, 1.807) is 19.1 Å². The highest BCUT2D eigenvalue weighted by atomic mass is 16.5. The maximum atomic E-state index is 12.0. The predicted octanol–water partition coefficient (Wildman–Crippen LogP) is 2.52. The van der Waals surface area contributed by atoms with Gasteiger partial charge in [-0.3, -0.25) is 10.1 Å². The van der Waals surface area contributed by atoms with Crippen molar-refractivity contribution >= 4 is 11.9 Å². The van der Waals surface area contributed by atoms with E-state index in [0.29, 0.717) is 23.2 Å². The van der Waals surface area contributed by atoms with Crippen LogP contribution in [-0.2, 0) is 16.8 Å². The standard InChI is InChI=1S/C18H20N4O3/c1-18(16(23)20-17(24)21-18)13-8-6-12(7-9-13)15-19-14(25-22-15)10-11-4-2-3-5-11/h6-9,11H,2-5,10H2,1H3,(H2,20,21,23,24)/t18-/m0/s1. The lowest BCUT2D eigenvalue weighted by atomic mass is 9.91. The Labute approximate surface area is 145 Å². The van der Waals surface area contributed by atoms with Gasteiger partial charge in [0.1, 0.15) is 5.54 Å². The number of hydrogen-bond donors (Lipinski definition) is 2. The zero-order valence-electron chi connectivity index (χ0n) is 14.0. The number of nitrogens with one attached hydrogen (secondary N) is 2. The third-order valence-corrected chi connectivity index (χ3v) is 5.17. The molecule has 0 spiro atoms. The van der Waals surface area contributed by atoms with E-state index in [1.165, 1.54) is 25.7 Å². The summed E-state index contributed by atoms with van der Waals surface area (Å²) in [4.78, 5) is 27.9.